The number of rotatable bonds is 5. The molecule has 0 atom stereocenters. The van der Waals surface area contributed by atoms with Gasteiger partial charge in [-0.25, -0.2) is 0 Å². The highest BCUT2D eigenvalue weighted by molar-refractivity contribution is 6.07. The van der Waals surface area contributed by atoms with E-state index in [1.54, 1.807) is 30.3 Å². The maximum atomic E-state index is 13.6. The first kappa shape index (κ1) is 20.3. The van der Waals surface area contributed by atoms with Crippen molar-refractivity contribution in [3.05, 3.63) is 77.4 Å². The molecule has 0 aliphatic rings. The summed E-state index contributed by atoms with van der Waals surface area (Å²) in [5, 5.41) is 20.7. The maximum absolute atomic E-state index is 13.6. The first-order valence-electron chi connectivity index (χ1n) is 9.32. The Hall–Kier alpha value is -3.41. The summed E-state index contributed by atoms with van der Waals surface area (Å²) in [7, 11) is 0. The molecule has 0 spiro atoms. The number of phenols is 1. The number of amidine groups is 1. The fourth-order valence-electron chi connectivity index (χ4n) is 3.50. The molecule has 0 fully saturated rings. The monoisotopic (exact) mass is 396 g/mol. The van der Waals surface area contributed by atoms with Gasteiger partial charge in [0.05, 0.1) is 0 Å². The predicted molar refractivity (Wildman–Crippen MR) is 110 cm³/mol. The van der Waals surface area contributed by atoms with Gasteiger partial charge in [-0.15, -0.1) is 0 Å². The molecule has 3 aromatic carbocycles. The Kier molecular flexibility index (Phi) is 6.12. The van der Waals surface area contributed by atoms with E-state index < -0.39 is 11.2 Å². The second-order valence-corrected chi connectivity index (χ2v) is 6.83. The van der Waals surface area contributed by atoms with Crippen molar-refractivity contribution in [1.82, 2.24) is 5.34 Å². The summed E-state index contributed by atoms with van der Waals surface area (Å²) in [4.78, 5) is 0. The molecule has 29 heavy (non-hydrogen) atoms. The molecule has 3 rings (SSSR count). The third-order valence-corrected chi connectivity index (χ3v) is 4.83. The van der Waals surface area contributed by atoms with E-state index in [4.69, 9.17) is 0 Å². The summed E-state index contributed by atoms with van der Waals surface area (Å²) in [6.45, 7) is 3.91. The Morgan fingerprint density at radius 1 is 1.00 bits per heavy atom. The van der Waals surface area contributed by atoms with Crippen molar-refractivity contribution in [3.63, 3.8) is 0 Å². The molecule has 0 unspecified atom stereocenters. The number of hydrogen-bond donors (Lipinski definition) is 2. The largest absolute Gasteiger partial charge is 0.508 e. The van der Waals surface area contributed by atoms with Crippen LogP contribution < -0.4 is 0 Å². The number of phenolic OH excluding ortho intramolecular Hbond substituents is 1. The van der Waals surface area contributed by atoms with E-state index >= 15 is 0 Å². The van der Waals surface area contributed by atoms with Gasteiger partial charge in [-0.1, -0.05) is 69.9 Å². The number of halogens is 2. The lowest BCUT2D eigenvalue weighted by molar-refractivity contribution is -0.0755. The number of hydrogen-bond acceptors (Lipinski definition) is 3. The van der Waals surface area contributed by atoms with E-state index in [0.29, 0.717) is 12.0 Å². The van der Waals surface area contributed by atoms with Crippen molar-refractivity contribution < 1.29 is 19.3 Å². The van der Waals surface area contributed by atoms with Gasteiger partial charge in [0.2, 0.25) is 5.84 Å². The molecule has 0 bridgehead atoms. The fourth-order valence-corrected chi connectivity index (χ4v) is 3.50. The molecule has 0 saturated heterocycles. The van der Waals surface area contributed by atoms with Crippen LogP contribution in [0.5, 0.6) is 5.75 Å². The first-order chi connectivity index (χ1) is 14.0. The molecule has 0 aliphatic heterocycles. The molecular formula is C23H22F2N2O2. The minimum Gasteiger partial charge on any atom is -0.508 e. The van der Waals surface area contributed by atoms with Crippen LogP contribution >= 0.6 is 0 Å². The first-order valence-corrected chi connectivity index (χ1v) is 9.32. The smallest absolute Gasteiger partial charge is 0.239 e. The average Bonchev–Trinajstić information content (AvgIpc) is 2.69. The van der Waals surface area contributed by atoms with Crippen molar-refractivity contribution in [3.8, 4) is 28.0 Å². The van der Waals surface area contributed by atoms with E-state index in [2.05, 4.69) is 5.16 Å². The highest BCUT2D eigenvalue weighted by Crippen LogP contribution is 2.39. The summed E-state index contributed by atoms with van der Waals surface area (Å²) in [6.07, 6.45) is 1.52. The number of nitrogens with zero attached hydrogens (tertiary/aromatic N) is 2. The van der Waals surface area contributed by atoms with Crippen LogP contribution in [-0.2, 0) is 6.42 Å². The lowest BCUT2D eigenvalue weighted by atomic mass is 9.86. The second-order valence-electron chi connectivity index (χ2n) is 6.83. The molecular weight excluding hydrogens is 374 g/mol. The van der Waals surface area contributed by atoms with Crippen molar-refractivity contribution in [2.24, 2.45) is 5.16 Å². The number of benzene rings is 3. The molecule has 2 N–H and O–H groups in total. The minimum atomic E-state index is -1.17. The highest BCUT2D eigenvalue weighted by atomic mass is 19.4. The normalized spacial score (nSPS) is 11.5. The summed E-state index contributed by atoms with van der Waals surface area (Å²) < 4.78 is 27.2. The van der Waals surface area contributed by atoms with Crippen LogP contribution in [0.3, 0.4) is 0 Å². The Morgan fingerprint density at radius 2 is 1.69 bits per heavy atom. The zero-order chi connectivity index (χ0) is 21.0. The van der Waals surface area contributed by atoms with Crippen molar-refractivity contribution in [2.75, 3.05) is 0 Å². The Labute approximate surface area is 168 Å². The average molecular weight is 396 g/mol. The molecule has 150 valence electrons. The number of aromatic hydroxyl groups is 1. The lowest BCUT2D eigenvalue weighted by Crippen LogP contribution is -2.17. The summed E-state index contributed by atoms with van der Waals surface area (Å²) in [5.74, 6) is -0.700. The Balaban J connectivity index is 2.43. The minimum absolute atomic E-state index is 0.118. The molecule has 4 nitrogen and oxygen atoms in total. The molecule has 3 aromatic rings. The molecule has 0 radical (unpaired) electrons. The number of oxime groups is 1. The van der Waals surface area contributed by atoms with Gasteiger partial charge in [-0.05, 0) is 64.7 Å². The van der Waals surface area contributed by atoms with Gasteiger partial charge in [-0.2, -0.15) is 0 Å². The fraction of sp³-hybridized carbons (Fsp3) is 0.174. The van der Waals surface area contributed by atoms with E-state index in [9.17, 15) is 19.3 Å². The summed E-state index contributed by atoms with van der Waals surface area (Å²) in [5.41, 5.74) is 4.69. The topological polar surface area (TPSA) is 56.1 Å². The van der Waals surface area contributed by atoms with Crippen LogP contribution in [0.15, 0.2) is 65.8 Å². The maximum Gasteiger partial charge on any atom is 0.239 e. The SMILES string of the molecule is CCCc1cc(C(=NO)N(F)F)c(-c2ccccc2C)c(-c2ccc(O)cc2)c1. The van der Waals surface area contributed by atoms with E-state index in [-0.39, 0.29) is 11.3 Å². The summed E-state index contributed by atoms with van der Waals surface area (Å²) in [6, 6.07) is 17.7. The van der Waals surface area contributed by atoms with Gasteiger partial charge in [-0.3, -0.25) is 0 Å². The van der Waals surface area contributed by atoms with Crippen LogP contribution in [-0.4, -0.2) is 21.5 Å². The molecule has 0 aromatic heterocycles. The van der Waals surface area contributed by atoms with Gasteiger partial charge in [0, 0.05) is 11.1 Å². The van der Waals surface area contributed by atoms with Gasteiger partial charge in [0.1, 0.15) is 5.75 Å². The van der Waals surface area contributed by atoms with E-state index in [0.717, 1.165) is 34.2 Å². The molecule has 0 amide bonds. The van der Waals surface area contributed by atoms with Crippen LogP contribution in [0.1, 0.15) is 30.0 Å². The predicted octanol–water partition coefficient (Wildman–Crippen LogP) is 6.19. The molecule has 0 saturated carbocycles. The zero-order valence-corrected chi connectivity index (χ0v) is 16.2. The summed E-state index contributed by atoms with van der Waals surface area (Å²) >= 11 is 0. The van der Waals surface area contributed by atoms with Crippen LogP contribution in [0, 0.1) is 6.92 Å². The van der Waals surface area contributed by atoms with Crippen molar-refractivity contribution in [1.29, 1.82) is 0 Å². The van der Waals surface area contributed by atoms with Crippen LogP contribution in [0.2, 0.25) is 0 Å². The van der Waals surface area contributed by atoms with Crippen LogP contribution in [0.4, 0.5) is 8.96 Å². The quantitative estimate of drug-likeness (QED) is 0.178. The zero-order valence-electron chi connectivity index (χ0n) is 16.2. The molecule has 0 aliphatic carbocycles. The van der Waals surface area contributed by atoms with Crippen LogP contribution in [0.25, 0.3) is 22.3 Å². The van der Waals surface area contributed by atoms with E-state index in [1.165, 1.54) is 0 Å². The van der Waals surface area contributed by atoms with Gasteiger partial charge in [0.15, 0.2) is 0 Å². The standard InChI is InChI=1S/C23H22F2N2O2/c1-3-6-16-13-20(17-9-11-18(28)12-10-17)22(19-8-5-4-7-15(19)2)21(14-16)23(26-29)27(24)25/h4-5,7-14,28-29H,3,6H2,1-2H3. The van der Waals surface area contributed by atoms with Crippen molar-refractivity contribution in [2.45, 2.75) is 26.7 Å². The van der Waals surface area contributed by atoms with Gasteiger partial charge in [0.25, 0.3) is 0 Å². The number of aryl methyl sites for hydroxylation is 2. The Morgan fingerprint density at radius 3 is 2.28 bits per heavy atom. The second kappa shape index (κ2) is 8.73. The third-order valence-electron chi connectivity index (χ3n) is 4.83. The van der Waals surface area contributed by atoms with Gasteiger partial charge < -0.3 is 10.3 Å². The lowest BCUT2D eigenvalue weighted by Gasteiger charge is -2.20. The van der Waals surface area contributed by atoms with E-state index in [1.807, 2.05) is 44.2 Å². The Bertz CT molecular complexity index is 1030. The van der Waals surface area contributed by atoms with Crippen molar-refractivity contribution >= 4 is 5.84 Å². The van der Waals surface area contributed by atoms with Gasteiger partial charge >= 0.3 is 0 Å². The molecule has 6 heteroatoms. The molecule has 0 heterocycles. The highest BCUT2D eigenvalue weighted by Gasteiger charge is 2.24. The third kappa shape index (κ3) is 4.21.